The number of ether oxygens (including phenoxy) is 1. The SMILES string of the molecule is C=CC[C@]1(C)CC[C@@]2(C)OC(C)(C)[C@H](c3ccccc3)N2C1=S. The van der Waals surface area contributed by atoms with Gasteiger partial charge in [-0.25, -0.2) is 0 Å². The average molecular weight is 330 g/mol. The normalized spacial score (nSPS) is 35.9. The Kier molecular flexibility index (Phi) is 3.93. The van der Waals surface area contributed by atoms with Gasteiger partial charge in [0.05, 0.1) is 16.6 Å². The van der Waals surface area contributed by atoms with Crippen LogP contribution >= 0.6 is 12.2 Å². The van der Waals surface area contributed by atoms with Crippen LogP contribution in [0.25, 0.3) is 0 Å². The zero-order valence-corrected chi connectivity index (χ0v) is 15.5. The zero-order chi connectivity index (χ0) is 16.9. The van der Waals surface area contributed by atoms with Crippen molar-refractivity contribution in [2.24, 2.45) is 5.41 Å². The van der Waals surface area contributed by atoms with Crippen LogP contribution in [0.5, 0.6) is 0 Å². The van der Waals surface area contributed by atoms with Gasteiger partial charge in [0, 0.05) is 5.41 Å². The van der Waals surface area contributed by atoms with E-state index in [1.165, 1.54) is 5.56 Å². The number of hydrogen-bond donors (Lipinski definition) is 0. The number of hydrogen-bond acceptors (Lipinski definition) is 2. The second-order valence-electron chi connectivity index (χ2n) is 7.92. The van der Waals surface area contributed by atoms with E-state index in [0.29, 0.717) is 0 Å². The highest BCUT2D eigenvalue weighted by Gasteiger charge is 2.60. The maximum absolute atomic E-state index is 6.56. The van der Waals surface area contributed by atoms with Crippen LogP contribution in [0.2, 0.25) is 0 Å². The van der Waals surface area contributed by atoms with Crippen molar-refractivity contribution >= 4 is 17.2 Å². The van der Waals surface area contributed by atoms with Crippen molar-refractivity contribution in [2.45, 2.75) is 64.3 Å². The van der Waals surface area contributed by atoms with E-state index >= 15 is 0 Å². The molecule has 0 spiro atoms. The van der Waals surface area contributed by atoms with Crippen LogP contribution < -0.4 is 0 Å². The second-order valence-corrected chi connectivity index (χ2v) is 8.31. The molecule has 0 unspecified atom stereocenters. The number of fused-ring (bicyclic) bond motifs is 1. The Morgan fingerprint density at radius 3 is 2.48 bits per heavy atom. The fourth-order valence-electron chi connectivity index (χ4n) is 4.36. The molecule has 2 fully saturated rings. The molecule has 0 bridgehead atoms. The van der Waals surface area contributed by atoms with Crippen LogP contribution in [-0.2, 0) is 4.74 Å². The quantitative estimate of drug-likeness (QED) is 0.554. The third-order valence-corrected chi connectivity index (χ3v) is 6.18. The first-order valence-electron chi connectivity index (χ1n) is 8.43. The van der Waals surface area contributed by atoms with Crippen molar-refractivity contribution in [1.29, 1.82) is 0 Å². The lowest BCUT2D eigenvalue weighted by molar-refractivity contribution is -0.118. The van der Waals surface area contributed by atoms with Gasteiger partial charge in [-0.2, -0.15) is 0 Å². The number of benzene rings is 1. The minimum Gasteiger partial charge on any atom is -0.348 e. The standard InChI is InChI=1S/C20H27NOS/c1-6-12-19(4)13-14-20(5)21(17(19)23)16(18(2,3)22-20)15-10-8-7-9-11-15/h6-11,16H,1,12-14H2,2-5H3/t16-,19+,20+/m0/s1. The van der Waals surface area contributed by atoms with Crippen LogP contribution in [0.4, 0.5) is 0 Å². The molecule has 2 saturated heterocycles. The van der Waals surface area contributed by atoms with Gasteiger partial charge in [-0.05, 0) is 45.6 Å². The van der Waals surface area contributed by atoms with Crippen LogP contribution in [0.1, 0.15) is 58.6 Å². The largest absolute Gasteiger partial charge is 0.348 e. The lowest BCUT2D eigenvalue weighted by Crippen LogP contribution is -2.56. The van der Waals surface area contributed by atoms with Crippen LogP contribution in [0.3, 0.4) is 0 Å². The topological polar surface area (TPSA) is 12.5 Å². The summed E-state index contributed by atoms with van der Waals surface area (Å²) in [7, 11) is 0. The lowest BCUT2D eigenvalue weighted by atomic mass is 9.75. The predicted molar refractivity (Wildman–Crippen MR) is 99.3 cm³/mol. The molecule has 3 rings (SSSR count). The minimum absolute atomic E-state index is 0.00654. The fraction of sp³-hybridized carbons (Fsp3) is 0.550. The molecule has 1 aromatic carbocycles. The van der Waals surface area contributed by atoms with Gasteiger partial charge in [-0.3, -0.25) is 0 Å². The molecule has 2 nitrogen and oxygen atoms in total. The summed E-state index contributed by atoms with van der Waals surface area (Å²) in [5.74, 6) is 0. The molecule has 0 radical (unpaired) electrons. The van der Waals surface area contributed by atoms with Gasteiger partial charge in [-0.15, -0.1) is 6.58 Å². The molecule has 1 aromatic rings. The van der Waals surface area contributed by atoms with Crippen molar-refractivity contribution in [3.05, 3.63) is 48.6 Å². The monoisotopic (exact) mass is 329 g/mol. The summed E-state index contributed by atoms with van der Waals surface area (Å²) >= 11 is 5.99. The van der Waals surface area contributed by atoms with E-state index in [1.807, 2.05) is 6.08 Å². The second kappa shape index (κ2) is 5.42. The molecule has 0 saturated carbocycles. The van der Waals surface area contributed by atoms with E-state index in [9.17, 15) is 0 Å². The molecule has 2 heterocycles. The average Bonchev–Trinajstić information content (AvgIpc) is 2.71. The summed E-state index contributed by atoms with van der Waals surface area (Å²) in [6.45, 7) is 12.8. The maximum atomic E-state index is 6.56. The number of piperidine rings is 1. The Labute approximate surface area is 145 Å². The van der Waals surface area contributed by atoms with E-state index < -0.39 is 0 Å². The molecule has 2 aliphatic rings. The molecule has 23 heavy (non-hydrogen) atoms. The van der Waals surface area contributed by atoms with Crippen LogP contribution in [-0.4, -0.2) is 21.2 Å². The van der Waals surface area contributed by atoms with E-state index in [1.54, 1.807) is 0 Å². The molecule has 2 aliphatic heterocycles. The highest BCUT2D eigenvalue weighted by molar-refractivity contribution is 7.80. The van der Waals surface area contributed by atoms with Gasteiger partial charge in [0.2, 0.25) is 0 Å². The summed E-state index contributed by atoms with van der Waals surface area (Å²) in [4.78, 5) is 3.40. The van der Waals surface area contributed by atoms with Crippen molar-refractivity contribution in [3.63, 3.8) is 0 Å². The van der Waals surface area contributed by atoms with Crippen molar-refractivity contribution in [3.8, 4) is 0 Å². The lowest BCUT2D eigenvalue weighted by Gasteiger charge is -2.50. The summed E-state index contributed by atoms with van der Waals surface area (Å²) < 4.78 is 6.56. The third kappa shape index (κ3) is 2.54. The van der Waals surface area contributed by atoms with E-state index in [0.717, 1.165) is 24.3 Å². The zero-order valence-electron chi connectivity index (χ0n) is 14.6. The molecule has 3 heteroatoms. The van der Waals surface area contributed by atoms with Crippen molar-refractivity contribution < 1.29 is 4.74 Å². The highest BCUT2D eigenvalue weighted by atomic mass is 32.1. The Balaban J connectivity index is 2.08. The van der Waals surface area contributed by atoms with E-state index in [-0.39, 0.29) is 22.8 Å². The van der Waals surface area contributed by atoms with E-state index in [4.69, 9.17) is 17.0 Å². The first-order chi connectivity index (χ1) is 10.7. The Hall–Kier alpha value is -1.19. The smallest absolute Gasteiger partial charge is 0.140 e. The number of thiocarbonyl (C=S) groups is 1. The van der Waals surface area contributed by atoms with Gasteiger partial charge >= 0.3 is 0 Å². The Morgan fingerprint density at radius 2 is 1.87 bits per heavy atom. The third-order valence-electron chi connectivity index (χ3n) is 5.50. The van der Waals surface area contributed by atoms with Gasteiger partial charge in [0.25, 0.3) is 0 Å². The van der Waals surface area contributed by atoms with Gasteiger partial charge < -0.3 is 9.64 Å². The van der Waals surface area contributed by atoms with Gasteiger partial charge in [-0.1, -0.05) is 55.5 Å². The van der Waals surface area contributed by atoms with Gasteiger partial charge in [0.1, 0.15) is 5.72 Å². The molecule has 0 aromatic heterocycles. The summed E-state index contributed by atoms with van der Waals surface area (Å²) in [6, 6.07) is 10.8. The minimum atomic E-state index is -0.318. The van der Waals surface area contributed by atoms with Gasteiger partial charge in [0.15, 0.2) is 0 Å². The molecule has 0 amide bonds. The fourth-order valence-corrected chi connectivity index (χ4v) is 4.84. The number of nitrogens with zero attached hydrogens (tertiary/aromatic N) is 1. The maximum Gasteiger partial charge on any atom is 0.140 e. The van der Waals surface area contributed by atoms with Crippen LogP contribution in [0, 0.1) is 5.41 Å². The summed E-state index contributed by atoms with van der Waals surface area (Å²) in [5.41, 5.74) is 0.667. The molecule has 3 atom stereocenters. The number of rotatable bonds is 3. The van der Waals surface area contributed by atoms with Crippen molar-refractivity contribution in [2.75, 3.05) is 0 Å². The predicted octanol–water partition coefficient (Wildman–Crippen LogP) is 5.26. The molecular formula is C20H27NOS. The summed E-state index contributed by atoms with van der Waals surface area (Å²) in [6.07, 6.45) is 4.95. The summed E-state index contributed by atoms with van der Waals surface area (Å²) in [5, 5.41) is 0. The van der Waals surface area contributed by atoms with E-state index in [2.05, 4.69) is 69.5 Å². The molecule has 0 aliphatic carbocycles. The highest BCUT2D eigenvalue weighted by Crippen LogP contribution is 2.56. The molecule has 124 valence electrons. The van der Waals surface area contributed by atoms with Crippen LogP contribution in [0.15, 0.2) is 43.0 Å². The first kappa shape index (κ1) is 16.7. The first-order valence-corrected chi connectivity index (χ1v) is 8.84. The Morgan fingerprint density at radius 1 is 1.22 bits per heavy atom. The molecular weight excluding hydrogens is 302 g/mol. The van der Waals surface area contributed by atoms with Crippen molar-refractivity contribution in [1.82, 2.24) is 4.90 Å². The number of allylic oxidation sites excluding steroid dienone is 1. The Bertz CT molecular complexity index is 626. The molecule has 0 N–H and O–H groups in total.